The Morgan fingerprint density at radius 1 is 1.11 bits per heavy atom. The lowest BCUT2D eigenvalue weighted by Crippen LogP contribution is -2.10. The topological polar surface area (TPSA) is 15.8 Å². The van der Waals surface area contributed by atoms with E-state index in [2.05, 4.69) is 64.0 Å². The van der Waals surface area contributed by atoms with E-state index in [1.54, 1.807) is 0 Å². The highest BCUT2D eigenvalue weighted by atomic mass is 14.7. The molecule has 18 heavy (non-hydrogen) atoms. The first kappa shape index (κ1) is 13.2. The van der Waals surface area contributed by atoms with Gasteiger partial charge in [-0.15, -0.1) is 0 Å². The Kier molecular flexibility index (Phi) is 3.52. The van der Waals surface area contributed by atoms with Gasteiger partial charge in [0.2, 0.25) is 0 Å². The summed E-state index contributed by atoms with van der Waals surface area (Å²) in [5, 5.41) is 1.41. The van der Waals surface area contributed by atoms with E-state index >= 15 is 0 Å². The minimum Gasteiger partial charge on any atom is -0.361 e. The molecular formula is C17H25N. The lowest BCUT2D eigenvalue weighted by atomic mass is 9.85. The fourth-order valence-electron chi connectivity index (χ4n) is 2.67. The van der Waals surface area contributed by atoms with Gasteiger partial charge in [-0.1, -0.05) is 40.7 Å². The summed E-state index contributed by atoms with van der Waals surface area (Å²) < 4.78 is 0. The molecule has 2 rings (SSSR count). The third-order valence-electron chi connectivity index (χ3n) is 4.01. The van der Waals surface area contributed by atoms with Crippen LogP contribution < -0.4 is 0 Å². The number of nitrogens with one attached hydrogen (secondary N) is 1. The maximum atomic E-state index is 3.42. The van der Waals surface area contributed by atoms with E-state index in [1.165, 1.54) is 34.9 Å². The van der Waals surface area contributed by atoms with E-state index in [4.69, 9.17) is 0 Å². The molecule has 1 nitrogen and oxygen atoms in total. The van der Waals surface area contributed by atoms with Gasteiger partial charge in [0.15, 0.2) is 0 Å². The molecule has 0 aliphatic rings. The van der Waals surface area contributed by atoms with E-state index in [0.717, 1.165) is 0 Å². The van der Waals surface area contributed by atoms with Crippen LogP contribution in [0.3, 0.4) is 0 Å². The molecule has 0 fully saturated rings. The van der Waals surface area contributed by atoms with Crippen molar-refractivity contribution in [1.82, 2.24) is 4.98 Å². The quantitative estimate of drug-likeness (QED) is 0.746. The zero-order valence-corrected chi connectivity index (χ0v) is 12.3. The summed E-state index contributed by atoms with van der Waals surface area (Å²) in [4.78, 5) is 3.42. The van der Waals surface area contributed by atoms with Gasteiger partial charge < -0.3 is 4.98 Å². The Labute approximate surface area is 111 Å². The molecule has 0 aliphatic carbocycles. The third-order valence-corrected chi connectivity index (χ3v) is 4.01. The molecule has 1 heteroatoms. The van der Waals surface area contributed by atoms with Crippen molar-refractivity contribution >= 4 is 10.9 Å². The molecule has 0 saturated heterocycles. The molecule has 2 aromatic rings. The lowest BCUT2D eigenvalue weighted by molar-refractivity contribution is 0.591. The summed E-state index contributed by atoms with van der Waals surface area (Å²) in [6, 6.07) is 6.84. The Morgan fingerprint density at radius 2 is 1.78 bits per heavy atom. The minimum atomic E-state index is 0.219. The van der Waals surface area contributed by atoms with Crippen molar-refractivity contribution < 1.29 is 0 Å². The van der Waals surface area contributed by atoms with Gasteiger partial charge in [-0.2, -0.15) is 0 Å². The first-order valence-corrected chi connectivity index (χ1v) is 7.08. The molecule has 1 N–H and O–H groups in total. The number of hydrogen-bond acceptors (Lipinski definition) is 0. The first-order chi connectivity index (χ1) is 8.47. The Bertz CT molecular complexity index is 524. The average Bonchev–Trinajstić information content (AvgIpc) is 2.73. The monoisotopic (exact) mass is 243 g/mol. The summed E-state index contributed by atoms with van der Waals surface area (Å²) in [6.45, 7) is 11.4. The van der Waals surface area contributed by atoms with Crippen LogP contribution in [0.1, 0.15) is 64.5 Å². The van der Waals surface area contributed by atoms with Crippen LogP contribution in [-0.4, -0.2) is 4.98 Å². The summed E-state index contributed by atoms with van der Waals surface area (Å²) in [6.07, 6.45) is 4.63. The summed E-state index contributed by atoms with van der Waals surface area (Å²) in [5.41, 5.74) is 4.39. The molecule has 0 aliphatic heterocycles. The number of rotatable bonds is 3. The Hall–Kier alpha value is -1.24. The number of fused-ring (bicyclic) bond motifs is 1. The fourth-order valence-corrected chi connectivity index (χ4v) is 2.67. The van der Waals surface area contributed by atoms with Crippen molar-refractivity contribution in [2.24, 2.45) is 0 Å². The van der Waals surface area contributed by atoms with Gasteiger partial charge in [-0.25, -0.2) is 0 Å². The van der Waals surface area contributed by atoms with E-state index in [-0.39, 0.29) is 5.41 Å². The lowest BCUT2D eigenvalue weighted by Gasteiger charge is -2.19. The van der Waals surface area contributed by atoms with Crippen molar-refractivity contribution in [2.75, 3.05) is 0 Å². The van der Waals surface area contributed by atoms with Gasteiger partial charge in [0.05, 0.1) is 0 Å². The number of hydrogen-bond donors (Lipinski definition) is 1. The Morgan fingerprint density at radius 3 is 2.33 bits per heavy atom. The highest BCUT2D eigenvalue weighted by Crippen LogP contribution is 2.33. The van der Waals surface area contributed by atoms with Crippen LogP contribution in [0.15, 0.2) is 24.4 Å². The predicted octanol–water partition coefficient (Wildman–Crippen LogP) is 5.37. The van der Waals surface area contributed by atoms with E-state index in [9.17, 15) is 0 Å². The van der Waals surface area contributed by atoms with Gasteiger partial charge >= 0.3 is 0 Å². The van der Waals surface area contributed by atoms with Gasteiger partial charge in [0.1, 0.15) is 0 Å². The molecule has 0 amide bonds. The largest absolute Gasteiger partial charge is 0.361 e. The standard InChI is InChI=1S/C17H25N/c1-6-12(7-2)15-11-18-16-9-8-13(10-14(15)16)17(3,4)5/h8-12,18H,6-7H2,1-5H3. The third kappa shape index (κ3) is 2.31. The molecule has 0 spiro atoms. The zero-order chi connectivity index (χ0) is 13.3. The maximum Gasteiger partial charge on any atom is 0.0457 e. The molecule has 0 bridgehead atoms. The van der Waals surface area contributed by atoms with Crippen LogP contribution in [0, 0.1) is 0 Å². The molecule has 0 radical (unpaired) electrons. The second-order valence-electron chi connectivity index (χ2n) is 6.27. The maximum absolute atomic E-state index is 3.42. The van der Waals surface area contributed by atoms with Crippen molar-refractivity contribution in [2.45, 2.75) is 58.8 Å². The summed E-state index contributed by atoms with van der Waals surface area (Å²) in [7, 11) is 0. The van der Waals surface area contributed by atoms with E-state index in [1.807, 2.05) is 0 Å². The molecule has 1 aromatic carbocycles. The normalized spacial score (nSPS) is 12.6. The molecular weight excluding hydrogens is 218 g/mol. The average molecular weight is 243 g/mol. The van der Waals surface area contributed by atoms with Gasteiger partial charge in [0.25, 0.3) is 0 Å². The van der Waals surface area contributed by atoms with Crippen LogP contribution in [0.5, 0.6) is 0 Å². The number of H-pyrrole nitrogens is 1. The van der Waals surface area contributed by atoms with Crippen molar-refractivity contribution in [3.63, 3.8) is 0 Å². The summed E-state index contributed by atoms with van der Waals surface area (Å²) >= 11 is 0. The van der Waals surface area contributed by atoms with Gasteiger partial charge in [0, 0.05) is 17.1 Å². The van der Waals surface area contributed by atoms with Crippen LogP contribution in [0.25, 0.3) is 10.9 Å². The predicted molar refractivity (Wildman–Crippen MR) is 80.3 cm³/mol. The smallest absolute Gasteiger partial charge is 0.0457 e. The zero-order valence-electron chi connectivity index (χ0n) is 12.3. The molecule has 98 valence electrons. The highest BCUT2D eigenvalue weighted by molar-refractivity contribution is 5.84. The molecule has 0 unspecified atom stereocenters. The van der Waals surface area contributed by atoms with Crippen LogP contribution >= 0.6 is 0 Å². The first-order valence-electron chi connectivity index (χ1n) is 7.08. The number of benzene rings is 1. The second kappa shape index (κ2) is 4.79. The fraction of sp³-hybridized carbons (Fsp3) is 0.529. The molecule has 1 aromatic heterocycles. The van der Waals surface area contributed by atoms with E-state index < -0.39 is 0 Å². The second-order valence-corrected chi connectivity index (χ2v) is 6.27. The number of aromatic amines is 1. The molecule has 0 saturated carbocycles. The SMILES string of the molecule is CCC(CC)c1c[nH]c2ccc(C(C)(C)C)cc12. The van der Waals surface area contributed by atoms with Crippen molar-refractivity contribution in [1.29, 1.82) is 0 Å². The van der Waals surface area contributed by atoms with Crippen molar-refractivity contribution in [3.8, 4) is 0 Å². The molecule has 0 atom stereocenters. The summed E-state index contributed by atoms with van der Waals surface area (Å²) in [5.74, 6) is 0.675. The minimum absolute atomic E-state index is 0.219. The number of aromatic nitrogens is 1. The van der Waals surface area contributed by atoms with Crippen LogP contribution in [0.4, 0.5) is 0 Å². The Balaban J connectivity index is 2.56. The van der Waals surface area contributed by atoms with E-state index in [0.29, 0.717) is 5.92 Å². The van der Waals surface area contributed by atoms with Gasteiger partial charge in [-0.3, -0.25) is 0 Å². The molecule has 1 heterocycles. The van der Waals surface area contributed by atoms with Gasteiger partial charge in [-0.05, 0) is 47.4 Å². The highest BCUT2D eigenvalue weighted by Gasteiger charge is 2.17. The van der Waals surface area contributed by atoms with Crippen LogP contribution in [-0.2, 0) is 5.41 Å². The van der Waals surface area contributed by atoms with Crippen LogP contribution in [0.2, 0.25) is 0 Å². The van der Waals surface area contributed by atoms with Crippen molar-refractivity contribution in [3.05, 3.63) is 35.5 Å².